The maximum atomic E-state index is 12.6. The van der Waals surface area contributed by atoms with Crippen molar-refractivity contribution < 1.29 is 9.53 Å². The third-order valence-electron chi connectivity index (χ3n) is 3.45. The Bertz CT molecular complexity index is 685. The number of carbonyl (C=O) groups excluding carboxylic acids is 1. The molecule has 0 aliphatic carbocycles. The van der Waals surface area contributed by atoms with E-state index >= 15 is 0 Å². The summed E-state index contributed by atoms with van der Waals surface area (Å²) >= 11 is 1.70. The van der Waals surface area contributed by atoms with Gasteiger partial charge in [0, 0.05) is 10.1 Å². The molecule has 0 radical (unpaired) electrons. The maximum absolute atomic E-state index is 12.6. The Labute approximate surface area is 148 Å². The molecule has 0 aromatic heterocycles. The minimum Gasteiger partial charge on any atom is -0.491 e. The Morgan fingerprint density at radius 3 is 2.46 bits per heavy atom. The van der Waals surface area contributed by atoms with Crippen LogP contribution in [-0.2, 0) is 0 Å². The van der Waals surface area contributed by atoms with Gasteiger partial charge in [-0.1, -0.05) is 44.2 Å². The molecule has 1 N–H and O–H groups in total. The van der Waals surface area contributed by atoms with Gasteiger partial charge >= 0.3 is 0 Å². The molecular weight excluding hydrogens is 318 g/mol. The zero-order valence-corrected chi connectivity index (χ0v) is 15.5. The second-order valence-corrected chi connectivity index (χ2v) is 7.73. The van der Waals surface area contributed by atoms with Crippen molar-refractivity contribution in [3.63, 3.8) is 0 Å². The van der Waals surface area contributed by atoms with E-state index in [1.807, 2.05) is 62.4 Å². The van der Waals surface area contributed by atoms with Gasteiger partial charge in [0.15, 0.2) is 0 Å². The molecular formula is C20H25NO2S. The molecule has 3 nitrogen and oxygen atoms in total. The average Bonchev–Trinajstić information content (AvgIpc) is 2.54. The number of para-hydroxylation sites is 1. The number of carbonyl (C=O) groups is 1. The van der Waals surface area contributed by atoms with Crippen molar-refractivity contribution in [1.82, 2.24) is 5.32 Å². The smallest absolute Gasteiger partial charge is 0.252 e. The third kappa shape index (κ3) is 5.31. The highest BCUT2D eigenvalue weighted by molar-refractivity contribution is 8.00. The van der Waals surface area contributed by atoms with Crippen LogP contribution in [0.3, 0.4) is 0 Å². The molecule has 1 atom stereocenters. The van der Waals surface area contributed by atoms with Gasteiger partial charge in [-0.25, -0.2) is 0 Å². The van der Waals surface area contributed by atoms with E-state index in [4.69, 9.17) is 4.74 Å². The molecule has 0 saturated carbocycles. The number of amides is 1. The summed E-state index contributed by atoms with van der Waals surface area (Å²) < 4.78 is 5.81. The summed E-state index contributed by atoms with van der Waals surface area (Å²) in [6, 6.07) is 15.5. The molecule has 0 saturated heterocycles. The zero-order chi connectivity index (χ0) is 17.5. The average molecular weight is 343 g/mol. The molecule has 0 heterocycles. The van der Waals surface area contributed by atoms with Crippen molar-refractivity contribution in [1.29, 1.82) is 0 Å². The van der Waals surface area contributed by atoms with E-state index < -0.39 is 0 Å². The summed E-state index contributed by atoms with van der Waals surface area (Å²) in [5.41, 5.74) is 1.81. The fourth-order valence-corrected chi connectivity index (χ4v) is 3.24. The quantitative estimate of drug-likeness (QED) is 0.741. The second-order valence-electron chi connectivity index (χ2n) is 6.11. The minimum absolute atomic E-state index is 0.0559. The van der Waals surface area contributed by atoms with Crippen molar-refractivity contribution in [3.05, 3.63) is 59.7 Å². The van der Waals surface area contributed by atoms with Crippen molar-refractivity contribution in [2.45, 2.75) is 43.9 Å². The van der Waals surface area contributed by atoms with Crippen LogP contribution in [0.25, 0.3) is 0 Å². The monoisotopic (exact) mass is 343 g/mol. The van der Waals surface area contributed by atoms with Crippen molar-refractivity contribution in [2.24, 2.45) is 0 Å². The number of thioether (sulfide) groups is 1. The maximum Gasteiger partial charge on any atom is 0.252 e. The van der Waals surface area contributed by atoms with Crippen LogP contribution in [0.2, 0.25) is 0 Å². The Morgan fingerprint density at radius 2 is 1.75 bits per heavy atom. The van der Waals surface area contributed by atoms with E-state index in [9.17, 15) is 4.79 Å². The van der Waals surface area contributed by atoms with E-state index in [0.29, 0.717) is 11.9 Å². The standard InChI is InChI=1S/C20H25NO2S/c1-14(2)24-19-12-8-6-10-17(19)20(22)21-16(4)13-23-18-11-7-5-9-15(18)3/h5-12,14,16H,13H2,1-4H3,(H,21,22)/t16-/m0/s1. The molecule has 0 aliphatic rings. The molecule has 0 aliphatic heterocycles. The molecule has 24 heavy (non-hydrogen) atoms. The molecule has 2 aromatic rings. The summed E-state index contributed by atoms with van der Waals surface area (Å²) in [7, 11) is 0. The Morgan fingerprint density at radius 1 is 1.08 bits per heavy atom. The molecule has 0 unspecified atom stereocenters. The van der Waals surface area contributed by atoms with Crippen molar-refractivity contribution in [3.8, 4) is 5.75 Å². The lowest BCUT2D eigenvalue weighted by molar-refractivity contribution is 0.0923. The highest BCUT2D eigenvalue weighted by Crippen LogP contribution is 2.26. The number of rotatable bonds is 7. The van der Waals surface area contributed by atoms with Crippen LogP contribution in [0, 0.1) is 6.92 Å². The number of ether oxygens (including phenoxy) is 1. The lowest BCUT2D eigenvalue weighted by Crippen LogP contribution is -2.37. The van der Waals surface area contributed by atoms with Gasteiger partial charge in [0.2, 0.25) is 0 Å². The zero-order valence-electron chi connectivity index (χ0n) is 14.7. The number of benzene rings is 2. The lowest BCUT2D eigenvalue weighted by atomic mass is 10.2. The predicted molar refractivity (Wildman–Crippen MR) is 101 cm³/mol. The highest BCUT2D eigenvalue weighted by atomic mass is 32.2. The van der Waals surface area contributed by atoms with E-state index in [0.717, 1.165) is 21.8 Å². The van der Waals surface area contributed by atoms with Gasteiger partial charge in [0.05, 0.1) is 11.6 Å². The fourth-order valence-electron chi connectivity index (χ4n) is 2.29. The lowest BCUT2D eigenvalue weighted by Gasteiger charge is -2.17. The van der Waals surface area contributed by atoms with Crippen molar-refractivity contribution in [2.75, 3.05) is 6.61 Å². The topological polar surface area (TPSA) is 38.3 Å². The molecule has 1 amide bonds. The fraction of sp³-hybridized carbons (Fsp3) is 0.350. The predicted octanol–water partition coefficient (Wildman–Crippen LogP) is 4.69. The van der Waals surface area contributed by atoms with Crippen molar-refractivity contribution >= 4 is 17.7 Å². The molecule has 128 valence electrons. The SMILES string of the molecule is Cc1ccccc1OC[C@H](C)NC(=O)c1ccccc1SC(C)C. The van der Waals surface area contributed by atoms with Gasteiger partial charge in [0.25, 0.3) is 5.91 Å². The Hall–Kier alpha value is -1.94. The first-order chi connectivity index (χ1) is 11.5. The third-order valence-corrected chi connectivity index (χ3v) is 4.54. The Balaban J connectivity index is 1.96. The van der Waals surface area contributed by atoms with Crippen LogP contribution in [0.5, 0.6) is 5.75 Å². The largest absolute Gasteiger partial charge is 0.491 e. The Kier molecular flexibility index (Phi) is 6.73. The van der Waals surface area contributed by atoms with Crippen LogP contribution in [0.15, 0.2) is 53.4 Å². The summed E-state index contributed by atoms with van der Waals surface area (Å²) in [5, 5.41) is 3.45. The van der Waals surface area contributed by atoms with Gasteiger partial charge in [-0.15, -0.1) is 11.8 Å². The van der Waals surface area contributed by atoms with Gasteiger partial charge in [-0.3, -0.25) is 4.79 Å². The number of hydrogen-bond donors (Lipinski definition) is 1. The first-order valence-corrected chi connectivity index (χ1v) is 9.10. The van der Waals surface area contributed by atoms with E-state index in [1.54, 1.807) is 11.8 Å². The van der Waals surface area contributed by atoms with Gasteiger partial charge < -0.3 is 10.1 Å². The van der Waals surface area contributed by atoms with Gasteiger partial charge in [-0.05, 0) is 37.6 Å². The van der Waals surface area contributed by atoms with Crippen LogP contribution in [-0.4, -0.2) is 23.8 Å². The highest BCUT2D eigenvalue weighted by Gasteiger charge is 2.15. The summed E-state index contributed by atoms with van der Waals surface area (Å²) in [6.07, 6.45) is 0. The van der Waals surface area contributed by atoms with Crippen LogP contribution in [0.4, 0.5) is 0 Å². The van der Waals surface area contributed by atoms with Crippen LogP contribution < -0.4 is 10.1 Å². The van der Waals surface area contributed by atoms with Crippen LogP contribution in [0.1, 0.15) is 36.7 Å². The van der Waals surface area contributed by atoms with Gasteiger partial charge in [0.1, 0.15) is 12.4 Å². The first kappa shape index (κ1) is 18.4. The molecule has 2 rings (SSSR count). The molecule has 0 fully saturated rings. The molecule has 4 heteroatoms. The van der Waals surface area contributed by atoms with Crippen LogP contribution >= 0.6 is 11.8 Å². The number of aryl methyl sites for hydroxylation is 1. The molecule has 2 aromatic carbocycles. The van der Waals surface area contributed by atoms with E-state index in [2.05, 4.69) is 19.2 Å². The first-order valence-electron chi connectivity index (χ1n) is 8.22. The van der Waals surface area contributed by atoms with E-state index in [-0.39, 0.29) is 11.9 Å². The summed E-state index contributed by atoms with van der Waals surface area (Å²) in [4.78, 5) is 13.6. The van der Waals surface area contributed by atoms with Gasteiger partial charge in [-0.2, -0.15) is 0 Å². The minimum atomic E-state index is -0.0748. The molecule has 0 spiro atoms. The van der Waals surface area contributed by atoms with E-state index in [1.165, 1.54) is 0 Å². The summed E-state index contributed by atoms with van der Waals surface area (Å²) in [6.45, 7) is 8.65. The number of hydrogen-bond acceptors (Lipinski definition) is 3. The summed E-state index contributed by atoms with van der Waals surface area (Å²) in [5.74, 6) is 0.800. The normalized spacial score (nSPS) is 12.0. The number of nitrogens with one attached hydrogen (secondary N) is 1. The second kappa shape index (κ2) is 8.78. The molecule has 0 bridgehead atoms.